The molecule has 0 aliphatic carbocycles. The van der Waals surface area contributed by atoms with Crippen LogP contribution in [0.4, 0.5) is 0 Å². The van der Waals surface area contributed by atoms with E-state index in [0.29, 0.717) is 10.9 Å². The lowest BCUT2D eigenvalue weighted by Gasteiger charge is -2.36. The second-order valence-corrected chi connectivity index (χ2v) is 11.8. The number of unbranched alkanes of at least 4 members (excludes halogenated alkanes) is 11. The van der Waals surface area contributed by atoms with Gasteiger partial charge in [0.15, 0.2) is 6.04 Å². The Kier molecular flexibility index (Phi) is 15.9. The van der Waals surface area contributed by atoms with Crippen LogP contribution in [0, 0.1) is 0 Å². The van der Waals surface area contributed by atoms with Crippen molar-refractivity contribution in [3.63, 3.8) is 0 Å². The van der Waals surface area contributed by atoms with Gasteiger partial charge in [-0.15, -0.1) is 0 Å². The molecule has 0 saturated carbocycles. The molecular weight excluding hydrogens is 482 g/mol. The molecular formula is C35H56NO3+. The summed E-state index contributed by atoms with van der Waals surface area (Å²) in [6.07, 6.45) is 17.7. The molecule has 0 aliphatic rings. The fourth-order valence-electron chi connectivity index (χ4n) is 5.47. The van der Waals surface area contributed by atoms with Gasteiger partial charge in [0.1, 0.15) is 12.3 Å². The fraction of sp³-hybridized carbons (Fsp3) is 0.629. The number of aryl methyl sites for hydroxylation is 1. The third kappa shape index (κ3) is 13.5. The van der Waals surface area contributed by atoms with Crippen molar-refractivity contribution in [2.75, 3.05) is 14.1 Å². The maximum Gasteiger partial charge on any atom is 0.368 e. The van der Waals surface area contributed by atoms with Gasteiger partial charge < -0.3 is 14.0 Å². The van der Waals surface area contributed by atoms with Crippen molar-refractivity contribution in [2.45, 2.75) is 130 Å². The number of quaternary nitrogens is 1. The Labute approximate surface area is 239 Å². The summed E-state index contributed by atoms with van der Waals surface area (Å²) in [6.45, 7) is 6.88. The first-order chi connectivity index (χ1) is 18.9. The van der Waals surface area contributed by atoms with Gasteiger partial charge in [-0.2, -0.15) is 0 Å². The van der Waals surface area contributed by atoms with E-state index < -0.39 is 6.29 Å². The highest BCUT2D eigenvalue weighted by molar-refractivity contribution is 5.74. The summed E-state index contributed by atoms with van der Waals surface area (Å²) in [5.74, 6) is 0.523. The number of hydrogen-bond acceptors (Lipinski definition) is 3. The van der Waals surface area contributed by atoms with Crippen LogP contribution in [0.3, 0.4) is 0 Å². The van der Waals surface area contributed by atoms with Crippen LogP contribution in [0.25, 0.3) is 0 Å². The van der Waals surface area contributed by atoms with Crippen LogP contribution in [0.15, 0.2) is 54.6 Å². The van der Waals surface area contributed by atoms with Gasteiger partial charge >= 0.3 is 5.97 Å². The van der Waals surface area contributed by atoms with Gasteiger partial charge in [-0.1, -0.05) is 127 Å². The number of hydrogen-bond donors (Lipinski definition) is 0. The first-order valence-electron chi connectivity index (χ1n) is 15.7. The summed E-state index contributed by atoms with van der Waals surface area (Å²) in [7, 11) is 4.17. The highest BCUT2D eigenvalue weighted by Crippen LogP contribution is 2.21. The summed E-state index contributed by atoms with van der Waals surface area (Å²) in [4.78, 5) is 13.0. The number of nitrogens with zero attached hydrogens (tertiary/aromatic N) is 1. The average molecular weight is 539 g/mol. The van der Waals surface area contributed by atoms with E-state index in [0.717, 1.165) is 18.7 Å². The predicted molar refractivity (Wildman–Crippen MR) is 164 cm³/mol. The first-order valence-corrected chi connectivity index (χ1v) is 15.7. The SMILES string of the molecule is CCCCCCCCCCCCCCc1ccc(OC(C)OC(=O)C(CC)[N+](C)(C)Cc2ccccc2)cc1. The van der Waals surface area contributed by atoms with Gasteiger partial charge in [0.05, 0.1) is 14.1 Å². The molecule has 0 bridgehead atoms. The zero-order chi connectivity index (χ0) is 28.3. The molecule has 0 heterocycles. The number of likely N-dealkylation sites (N-methyl/N-ethyl adjacent to an activating group) is 1. The van der Waals surface area contributed by atoms with Crippen LogP contribution >= 0.6 is 0 Å². The van der Waals surface area contributed by atoms with E-state index in [4.69, 9.17) is 9.47 Å². The number of carbonyl (C=O) groups excluding carboxylic acids is 1. The largest absolute Gasteiger partial charge is 0.455 e. The molecule has 218 valence electrons. The highest BCUT2D eigenvalue weighted by atomic mass is 16.7. The second-order valence-electron chi connectivity index (χ2n) is 11.8. The van der Waals surface area contributed by atoms with Crippen LogP contribution in [-0.4, -0.2) is 36.9 Å². The Bertz CT molecular complexity index is 894. The predicted octanol–water partition coefficient (Wildman–Crippen LogP) is 9.25. The van der Waals surface area contributed by atoms with Gasteiger partial charge in [-0.3, -0.25) is 0 Å². The van der Waals surface area contributed by atoms with Crippen molar-refractivity contribution in [3.05, 3.63) is 65.7 Å². The summed E-state index contributed by atoms with van der Waals surface area (Å²) in [5, 5.41) is 0. The Morgan fingerprint density at radius 2 is 1.26 bits per heavy atom. The monoisotopic (exact) mass is 538 g/mol. The molecule has 2 aromatic carbocycles. The molecule has 0 spiro atoms. The molecule has 2 rings (SSSR count). The quantitative estimate of drug-likeness (QED) is 0.0687. The summed E-state index contributed by atoms with van der Waals surface area (Å²) >= 11 is 0. The van der Waals surface area contributed by atoms with Crippen LogP contribution in [0.1, 0.15) is 115 Å². The van der Waals surface area contributed by atoms with E-state index in [1.165, 1.54) is 88.2 Å². The molecule has 39 heavy (non-hydrogen) atoms. The lowest BCUT2D eigenvalue weighted by molar-refractivity contribution is -0.919. The van der Waals surface area contributed by atoms with Crippen molar-refractivity contribution in [1.29, 1.82) is 0 Å². The van der Waals surface area contributed by atoms with Crippen molar-refractivity contribution in [2.24, 2.45) is 0 Å². The molecule has 2 aromatic rings. The minimum absolute atomic E-state index is 0.213. The zero-order valence-corrected chi connectivity index (χ0v) is 25.6. The summed E-state index contributed by atoms with van der Waals surface area (Å²) in [5.41, 5.74) is 2.55. The number of rotatable bonds is 21. The van der Waals surface area contributed by atoms with Crippen molar-refractivity contribution >= 4 is 5.97 Å². The average Bonchev–Trinajstić information content (AvgIpc) is 2.90. The smallest absolute Gasteiger partial charge is 0.368 e. The van der Waals surface area contributed by atoms with Gasteiger partial charge in [0.2, 0.25) is 6.29 Å². The van der Waals surface area contributed by atoms with E-state index in [-0.39, 0.29) is 12.0 Å². The normalized spacial score (nSPS) is 13.2. The van der Waals surface area contributed by atoms with E-state index >= 15 is 0 Å². The molecule has 0 aromatic heterocycles. The molecule has 0 fully saturated rings. The highest BCUT2D eigenvalue weighted by Gasteiger charge is 2.36. The molecule has 0 aliphatic heterocycles. The molecule has 0 radical (unpaired) electrons. The van der Waals surface area contributed by atoms with E-state index in [2.05, 4.69) is 45.3 Å². The number of carbonyl (C=O) groups is 1. The van der Waals surface area contributed by atoms with Crippen molar-refractivity contribution < 1.29 is 18.8 Å². The second kappa shape index (κ2) is 18.9. The van der Waals surface area contributed by atoms with Crippen LogP contribution in [0.5, 0.6) is 5.75 Å². The molecule has 0 amide bonds. The molecule has 2 unspecified atom stereocenters. The first kappa shape index (κ1) is 32.9. The van der Waals surface area contributed by atoms with Gasteiger partial charge in [0.25, 0.3) is 0 Å². The Morgan fingerprint density at radius 3 is 1.79 bits per heavy atom. The van der Waals surface area contributed by atoms with Crippen LogP contribution < -0.4 is 4.74 Å². The lowest BCUT2D eigenvalue weighted by atomic mass is 10.0. The van der Waals surface area contributed by atoms with Crippen molar-refractivity contribution in [1.82, 2.24) is 0 Å². The van der Waals surface area contributed by atoms with Gasteiger partial charge in [-0.05, 0) is 30.5 Å². The Morgan fingerprint density at radius 1 is 0.718 bits per heavy atom. The third-order valence-corrected chi connectivity index (χ3v) is 7.76. The van der Waals surface area contributed by atoms with Gasteiger partial charge in [0, 0.05) is 18.9 Å². The Balaban J connectivity index is 1.64. The minimum atomic E-state index is -0.634. The molecule has 4 nitrogen and oxygen atoms in total. The molecule has 0 N–H and O–H groups in total. The zero-order valence-electron chi connectivity index (χ0n) is 25.6. The van der Waals surface area contributed by atoms with Gasteiger partial charge in [-0.25, -0.2) is 4.79 Å². The van der Waals surface area contributed by atoms with Crippen molar-refractivity contribution in [3.8, 4) is 5.75 Å². The number of esters is 1. The third-order valence-electron chi connectivity index (χ3n) is 7.76. The summed E-state index contributed by atoms with van der Waals surface area (Å²) in [6, 6.07) is 18.3. The lowest BCUT2D eigenvalue weighted by Crippen LogP contribution is -2.53. The van der Waals surface area contributed by atoms with Crippen LogP contribution in [-0.2, 0) is 22.5 Å². The molecule has 4 heteroatoms. The number of ether oxygens (including phenoxy) is 2. The fourth-order valence-corrected chi connectivity index (χ4v) is 5.47. The van der Waals surface area contributed by atoms with Crippen LogP contribution in [0.2, 0.25) is 0 Å². The molecule has 2 atom stereocenters. The number of benzene rings is 2. The standard InChI is InChI=1S/C35H56NO3/c1-6-8-9-10-11-12-13-14-15-16-17-19-22-31-25-27-33(28-26-31)38-30(3)39-35(37)34(7-2)36(4,5)29-32-23-20-18-21-24-32/h18,20-21,23-28,30,34H,6-17,19,22,29H2,1-5H3/q+1. The van der Waals surface area contributed by atoms with E-state index in [1.807, 2.05) is 37.3 Å². The Hall–Kier alpha value is -2.33. The van der Waals surface area contributed by atoms with E-state index in [9.17, 15) is 4.79 Å². The topological polar surface area (TPSA) is 35.5 Å². The maximum absolute atomic E-state index is 13.0. The summed E-state index contributed by atoms with van der Waals surface area (Å²) < 4.78 is 12.2. The minimum Gasteiger partial charge on any atom is -0.455 e. The maximum atomic E-state index is 13.0. The van der Waals surface area contributed by atoms with E-state index in [1.54, 1.807) is 6.92 Å². The molecule has 0 saturated heterocycles.